The van der Waals surface area contributed by atoms with Gasteiger partial charge in [-0.3, -0.25) is 9.59 Å². The zero-order valence-corrected chi connectivity index (χ0v) is 16.0. The molecule has 152 valence electrons. The normalized spacial score (nSPS) is 13.3. The van der Waals surface area contributed by atoms with E-state index in [1.807, 2.05) is 0 Å². The van der Waals surface area contributed by atoms with Gasteiger partial charge in [-0.1, -0.05) is 0 Å². The van der Waals surface area contributed by atoms with E-state index in [1.165, 1.54) is 6.33 Å². The van der Waals surface area contributed by atoms with Crippen LogP contribution < -0.4 is 10.2 Å². The molecule has 0 radical (unpaired) electrons. The Morgan fingerprint density at radius 1 is 1.03 bits per heavy atom. The fraction of sp³-hybridized carbons (Fsp3) is 0.190. The Morgan fingerprint density at radius 3 is 2.40 bits per heavy atom. The number of benzene rings is 2. The lowest BCUT2D eigenvalue weighted by Gasteiger charge is -2.16. The highest BCUT2D eigenvalue weighted by molar-refractivity contribution is 5.97. The highest BCUT2D eigenvalue weighted by atomic mass is 16.5. The molecule has 0 unspecified atom stereocenters. The molecule has 1 N–H and O–H groups in total. The summed E-state index contributed by atoms with van der Waals surface area (Å²) in [5, 5.41) is 6.68. The fourth-order valence-electron chi connectivity index (χ4n) is 3.15. The van der Waals surface area contributed by atoms with Gasteiger partial charge in [0.25, 0.3) is 5.91 Å². The van der Waals surface area contributed by atoms with E-state index < -0.39 is 18.5 Å². The Bertz CT molecular complexity index is 1050. The van der Waals surface area contributed by atoms with Crippen molar-refractivity contribution in [3.8, 4) is 5.69 Å². The number of esters is 1. The lowest BCUT2D eigenvalue weighted by Crippen LogP contribution is -2.23. The molecular weight excluding hydrogens is 386 g/mol. The zero-order chi connectivity index (χ0) is 20.9. The van der Waals surface area contributed by atoms with Gasteiger partial charge in [0.05, 0.1) is 11.3 Å². The van der Waals surface area contributed by atoms with Crippen LogP contribution in [0.2, 0.25) is 0 Å². The summed E-state index contributed by atoms with van der Waals surface area (Å²) < 4.78 is 6.64. The fourth-order valence-corrected chi connectivity index (χ4v) is 3.15. The van der Waals surface area contributed by atoms with Crippen LogP contribution in [0.5, 0.6) is 0 Å². The zero-order valence-electron chi connectivity index (χ0n) is 16.0. The number of aromatic nitrogens is 3. The monoisotopic (exact) mass is 405 g/mol. The highest BCUT2D eigenvalue weighted by Crippen LogP contribution is 2.23. The molecule has 9 nitrogen and oxygen atoms in total. The summed E-state index contributed by atoms with van der Waals surface area (Å²) in [6, 6.07) is 13.6. The first-order valence-electron chi connectivity index (χ1n) is 9.42. The third-order valence-corrected chi connectivity index (χ3v) is 4.66. The van der Waals surface area contributed by atoms with E-state index in [4.69, 9.17) is 4.74 Å². The predicted octanol–water partition coefficient (Wildman–Crippen LogP) is 2.19. The molecule has 2 aromatic carbocycles. The van der Waals surface area contributed by atoms with Crippen molar-refractivity contribution in [1.29, 1.82) is 0 Å². The van der Waals surface area contributed by atoms with Gasteiger partial charge in [0, 0.05) is 24.3 Å². The highest BCUT2D eigenvalue weighted by Gasteiger charge is 2.21. The van der Waals surface area contributed by atoms with E-state index in [1.54, 1.807) is 64.4 Å². The topological polar surface area (TPSA) is 106 Å². The van der Waals surface area contributed by atoms with Crippen molar-refractivity contribution >= 4 is 29.2 Å². The van der Waals surface area contributed by atoms with Gasteiger partial charge in [0.1, 0.15) is 12.7 Å². The molecule has 0 spiro atoms. The number of hydrogen-bond acceptors (Lipinski definition) is 6. The summed E-state index contributed by atoms with van der Waals surface area (Å²) >= 11 is 0. The summed E-state index contributed by atoms with van der Waals surface area (Å²) in [6.07, 6.45) is 4.38. The number of rotatable bonds is 6. The van der Waals surface area contributed by atoms with Crippen molar-refractivity contribution in [3.63, 3.8) is 0 Å². The van der Waals surface area contributed by atoms with Gasteiger partial charge in [-0.15, -0.1) is 0 Å². The van der Waals surface area contributed by atoms with Crippen LogP contribution in [-0.2, 0) is 14.3 Å². The maximum Gasteiger partial charge on any atom is 0.338 e. The van der Waals surface area contributed by atoms with Crippen LogP contribution in [0.15, 0.2) is 61.2 Å². The molecule has 3 aromatic rings. The van der Waals surface area contributed by atoms with Crippen LogP contribution in [-0.4, -0.2) is 45.7 Å². The molecule has 2 amide bonds. The van der Waals surface area contributed by atoms with Crippen molar-refractivity contribution in [2.45, 2.75) is 12.8 Å². The van der Waals surface area contributed by atoms with E-state index in [0.717, 1.165) is 17.8 Å². The smallest absolute Gasteiger partial charge is 0.338 e. The summed E-state index contributed by atoms with van der Waals surface area (Å²) in [4.78, 5) is 41.6. The minimum absolute atomic E-state index is 0.105. The molecule has 1 aliphatic heterocycles. The predicted molar refractivity (Wildman–Crippen MR) is 108 cm³/mol. The number of hydrogen-bond donors (Lipinski definition) is 1. The summed E-state index contributed by atoms with van der Waals surface area (Å²) in [7, 11) is 0. The summed E-state index contributed by atoms with van der Waals surface area (Å²) in [6.45, 7) is 0.302. The number of carbonyl (C=O) groups is 3. The second kappa shape index (κ2) is 8.56. The van der Waals surface area contributed by atoms with Gasteiger partial charge < -0.3 is 15.0 Å². The number of carbonyl (C=O) groups excluding carboxylic acids is 3. The molecule has 9 heteroatoms. The van der Waals surface area contributed by atoms with Crippen molar-refractivity contribution in [2.75, 3.05) is 23.4 Å². The van der Waals surface area contributed by atoms with Crippen LogP contribution in [0.1, 0.15) is 23.2 Å². The Labute approximate surface area is 172 Å². The number of nitrogens with one attached hydrogen (secondary N) is 1. The number of anilines is 2. The molecule has 30 heavy (non-hydrogen) atoms. The second-order valence-corrected chi connectivity index (χ2v) is 6.71. The first-order chi connectivity index (χ1) is 14.6. The van der Waals surface area contributed by atoms with Crippen LogP contribution in [0, 0.1) is 0 Å². The summed E-state index contributed by atoms with van der Waals surface area (Å²) in [5.74, 6) is -0.946. The third-order valence-electron chi connectivity index (χ3n) is 4.66. The first kappa shape index (κ1) is 19.3. The standard InChI is InChI=1S/C21H19N5O4/c27-19(24-16-5-9-17(10-6-16)25-11-1-2-20(25)28)12-30-21(29)15-3-7-18(8-4-15)26-14-22-13-23-26/h3-10,13-14H,1-2,11-12H2,(H,24,27). The molecule has 0 aliphatic carbocycles. The Kier molecular flexibility index (Phi) is 5.51. The molecular formula is C21H19N5O4. The lowest BCUT2D eigenvalue weighted by atomic mass is 10.2. The van der Waals surface area contributed by atoms with Crippen molar-refractivity contribution in [1.82, 2.24) is 14.8 Å². The van der Waals surface area contributed by atoms with E-state index in [9.17, 15) is 14.4 Å². The van der Waals surface area contributed by atoms with Crippen LogP contribution in [0.4, 0.5) is 11.4 Å². The van der Waals surface area contributed by atoms with E-state index >= 15 is 0 Å². The average molecular weight is 405 g/mol. The maximum absolute atomic E-state index is 12.1. The molecule has 4 rings (SSSR count). The number of ether oxygens (including phenoxy) is 1. The minimum Gasteiger partial charge on any atom is -0.452 e. The Morgan fingerprint density at radius 2 is 1.77 bits per heavy atom. The van der Waals surface area contributed by atoms with Crippen LogP contribution >= 0.6 is 0 Å². The van der Waals surface area contributed by atoms with Crippen LogP contribution in [0.25, 0.3) is 5.69 Å². The molecule has 2 heterocycles. The molecule has 0 bridgehead atoms. The van der Waals surface area contributed by atoms with Crippen molar-refractivity contribution in [2.24, 2.45) is 0 Å². The maximum atomic E-state index is 12.1. The Hall–Kier alpha value is -4.01. The van der Waals surface area contributed by atoms with Gasteiger partial charge in [-0.25, -0.2) is 14.5 Å². The third kappa shape index (κ3) is 4.35. The number of amides is 2. The van der Waals surface area contributed by atoms with Gasteiger partial charge in [-0.05, 0) is 55.0 Å². The second-order valence-electron chi connectivity index (χ2n) is 6.71. The average Bonchev–Trinajstić information content (AvgIpc) is 3.45. The van der Waals surface area contributed by atoms with Gasteiger partial charge in [0.2, 0.25) is 5.91 Å². The largest absolute Gasteiger partial charge is 0.452 e. The molecule has 1 aromatic heterocycles. The lowest BCUT2D eigenvalue weighted by molar-refractivity contribution is -0.119. The van der Waals surface area contributed by atoms with E-state index in [0.29, 0.717) is 24.2 Å². The quantitative estimate of drug-likeness (QED) is 0.630. The number of nitrogens with zero attached hydrogens (tertiary/aromatic N) is 4. The first-order valence-corrected chi connectivity index (χ1v) is 9.42. The van der Waals surface area contributed by atoms with E-state index in [2.05, 4.69) is 15.4 Å². The molecule has 1 saturated heterocycles. The van der Waals surface area contributed by atoms with Gasteiger partial charge in [-0.2, -0.15) is 5.10 Å². The molecule has 0 atom stereocenters. The van der Waals surface area contributed by atoms with E-state index in [-0.39, 0.29) is 5.91 Å². The van der Waals surface area contributed by atoms with Crippen LogP contribution in [0.3, 0.4) is 0 Å². The molecule has 1 fully saturated rings. The molecule has 1 aliphatic rings. The Balaban J connectivity index is 1.28. The summed E-state index contributed by atoms with van der Waals surface area (Å²) in [5.41, 5.74) is 2.44. The van der Waals surface area contributed by atoms with Crippen molar-refractivity contribution < 1.29 is 19.1 Å². The van der Waals surface area contributed by atoms with Gasteiger partial charge in [0.15, 0.2) is 6.61 Å². The van der Waals surface area contributed by atoms with Gasteiger partial charge >= 0.3 is 5.97 Å². The molecule has 0 saturated carbocycles. The SMILES string of the molecule is O=C(COC(=O)c1ccc(-n2cncn2)cc1)Nc1ccc(N2CCCC2=O)cc1. The minimum atomic E-state index is -0.599. The van der Waals surface area contributed by atoms with Crippen molar-refractivity contribution in [3.05, 3.63) is 66.7 Å².